The van der Waals surface area contributed by atoms with E-state index in [0.717, 1.165) is 31.6 Å². The van der Waals surface area contributed by atoms with Crippen molar-refractivity contribution >= 4 is 5.91 Å². The van der Waals surface area contributed by atoms with Gasteiger partial charge in [-0.05, 0) is 42.7 Å². The average molecular weight is 369 g/mol. The predicted molar refractivity (Wildman–Crippen MR) is 105 cm³/mol. The average Bonchev–Trinajstić information content (AvgIpc) is 2.99. The third-order valence-corrected chi connectivity index (χ3v) is 5.14. The Labute approximate surface area is 160 Å². The van der Waals surface area contributed by atoms with E-state index in [9.17, 15) is 4.79 Å². The van der Waals surface area contributed by atoms with Gasteiger partial charge in [0.15, 0.2) is 0 Å². The highest BCUT2D eigenvalue weighted by molar-refractivity contribution is 5.95. The number of carbonyl (C=O) groups excluding carboxylic acids is 1. The summed E-state index contributed by atoms with van der Waals surface area (Å²) in [6.07, 6.45) is 3.21. The SMILES string of the molecule is COc1ccc(C2CCCCN(C(=O)c3cc(OC)cc(OC)c3)C2)cc1. The second-order valence-corrected chi connectivity index (χ2v) is 6.82. The van der Waals surface area contributed by atoms with Gasteiger partial charge >= 0.3 is 0 Å². The second-order valence-electron chi connectivity index (χ2n) is 6.82. The zero-order valence-corrected chi connectivity index (χ0v) is 16.2. The summed E-state index contributed by atoms with van der Waals surface area (Å²) in [6.45, 7) is 1.48. The first-order chi connectivity index (χ1) is 13.1. The molecule has 0 aliphatic carbocycles. The van der Waals surface area contributed by atoms with Crippen LogP contribution in [0.4, 0.5) is 0 Å². The Balaban J connectivity index is 1.81. The molecule has 0 N–H and O–H groups in total. The Hall–Kier alpha value is -2.69. The number of hydrogen-bond acceptors (Lipinski definition) is 4. The standard InChI is InChI=1S/C22H27NO4/c1-25-19-9-7-16(8-10-19)17-6-4-5-11-23(15-17)22(24)18-12-20(26-2)14-21(13-18)27-3/h7-10,12-14,17H,4-6,11,15H2,1-3H3. The molecule has 1 aliphatic rings. The molecule has 1 fully saturated rings. The van der Waals surface area contributed by atoms with Crippen molar-refractivity contribution in [2.75, 3.05) is 34.4 Å². The van der Waals surface area contributed by atoms with E-state index in [1.807, 2.05) is 17.0 Å². The van der Waals surface area contributed by atoms with E-state index in [-0.39, 0.29) is 5.91 Å². The Bertz CT molecular complexity index is 750. The van der Waals surface area contributed by atoms with E-state index >= 15 is 0 Å². The number of ether oxygens (including phenoxy) is 3. The molecule has 144 valence electrons. The normalized spacial score (nSPS) is 17.1. The van der Waals surface area contributed by atoms with Crippen LogP contribution >= 0.6 is 0 Å². The molecule has 3 rings (SSSR count). The van der Waals surface area contributed by atoms with Crippen LogP contribution in [-0.2, 0) is 0 Å². The zero-order valence-electron chi connectivity index (χ0n) is 16.2. The smallest absolute Gasteiger partial charge is 0.254 e. The monoisotopic (exact) mass is 369 g/mol. The van der Waals surface area contributed by atoms with Crippen molar-refractivity contribution in [3.8, 4) is 17.2 Å². The maximum absolute atomic E-state index is 13.2. The number of hydrogen-bond donors (Lipinski definition) is 0. The molecule has 0 saturated carbocycles. The number of amides is 1. The maximum atomic E-state index is 13.2. The summed E-state index contributed by atoms with van der Waals surface area (Å²) in [5, 5.41) is 0. The summed E-state index contributed by atoms with van der Waals surface area (Å²) in [5.41, 5.74) is 1.85. The molecule has 2 aromatic carbocycles. The first kappa shape index (κ1) is 19.1. The lowest BCUT2D eigenvalue weighted by Gasteiger charge is -2.25. The lowest BCUT2D eigenvalue weighted by Crippen LogP contribution is -2.34. The van der Waals surface area contributed by atoms with Crippen LogP contribution in [0.5, 0.6) is 17.2 Å². The van der Waals surface area contributed by atoms with E-state index in [2.05, 4.69) is 12.1 Å². The topological polar surface area (TPSA) is 48.0 Å². The van der Waals surface area contributed by atoms with Crippen molar-refractivity contribution in [3.05, 3.63) is 53.6 Å². The Morgan fingerprint density at radius 2 is 1.52 bits per heavy atom. The van der Waals surface area contributed by atoms with Gasteiger partial charge < -0.3 is 19.1 Å². The molecule has 1 amide bonds. The molecule has 1 unspecified atom stereocenters. The number of rotatable bonds is 5. The first-order valence-electron chi connectivity index (χ1n) is 9.31. The van der Waals surface area contributed by atoms with Crippen molar-refractivity contribution in [3.63, 3.8) is 0 Å². The van der Waals surface area contributed by atoms with E-state index < -0.39 is 0 Å². The fourth-order valence-electron chi connectivity index (χ4n) is 3.59. The van der Waals surface area contributed by atoms with E-state index in [1.165, 1.54) is 5.56 Å². The quantitative estimate of drug-likeness (QED) is 0.795. The predicted octanol–water partition coefficient (Wildman–Crippen LogP) is 4.12. The van der Waals surface area contributed by atoms with Gasteiger partial charge in [0, 0.05) is 30.6 Å². The van der Waals surface area contributed by atoms with Crippen LogP contribution in [0.3, 0.4) is 0 Å². The summed E-state index contributed by atoms with van der Waals surface area (Å²) < 4.78 is 15.9. The van der Waals surface area contributed by atoms with E-state index in [1.54, 1.807) is 39.5 Å². The molecule has 0 aromatic heterocycles. The number of benzene rings is 2. The molecule has 1 aliphatic heterocycles. The Morgan fingerprint density at radius 1 is 0.889 bits per heavy atom. The van der Waals surface area contributed by atoms with E-state index in [0.29, 0.717) is 29.5 Å². The van der Waals surface area contributed by atoms with Crippen molar-refractivity contribution in [1.82, 2.24) is 4.90 Å². The van der Waals surface area contributed by atoms with Gasteiger partial charge in [0.2, 0.25) is 0 Å². The molecule has 0 spiro atoms. The van der Waals surface area contributed by atoms with Crippen LogP contribution in [0.15, 0.2) is 42.5 Å². The fourth-order valence-corrected chi connectivity index (χ4v) is 3.59. The third kappa shape index (κ3) is 4.54. The van der Waals surface area contributed by atoms with Crippen LogP contribution in [0, 0.1) is 0 Å². The molecule has 2 aromatic rings. The summed E-state index contributed by atoms with van der Waals surface area (Å²) in [4.78, 5) is 15.1. The van der Waals surface area contributed by atoms with Crippen LogP contribution in [0.2, 0.25) is 0 Å². The number of likely N-dealkylation sites (tertiary alicyclic amines) is 1. The van der Waals surface area contributed by atoms with Crippen molar-refractivity contribution in [2.45, 2.75) is 25.2 Å². The number of methoxy groups -OCH3 is 3. The molecule has 1 heterocycles. The van der Waals surface area contributed by atoms with Gasteiger partial charge in [0.25, 0.3) is 5.91 Å². The largest absolute Gasteiger partial charge is 0.497 e. The number of nitrogens with zero attached hydrogens (tertiary/aromatic N) is 1. The minimum atomic E-state index is 0.0209. The minimum absolute atomic E-state index is 0.0209. The number of carbonyl (C=O) groups is 1. The van der Waals surface area contributed by atoms with Crippen LogP contribution in [0.1, 0.15) is 41.1 Å². The summed E-state index contributed by atoms with van der Waals surface area (Å²) in [5.74, 6) is 2.45. The molecule has 27 heavy (non-hydrogen) atoms. The second kappa shape index (κ2) is 8.80. The summed E-state index contributed by atoms with van der Waals surface area (Å²) in [7, 11) is 4.85. The fraction of sp³-hybridized carbons (Fsp3) is 0.409. The zero-order chi connectivity index (χ0) is 19.2. The van der Waals surface area contributed by atoms with Crippen LogP contribution in [-0.4, -0.2) is 45.2 Å². The van der Waals surface area contributed by atoms with Gasteiger partial charge in [-0.3, -0.25) is 4.79 Å². The molecular weight excluding hydrogens is 342 g/mol. The van der Waals surface area contributed by atoms with Crippen molar-refractivity contribution in [2.24, 2.45) is 0 Å². The highest BCUT2D eigenvalue weighted by Crippen LogP contribution is 2.30. The van der Waals surface area contributed by atoms with Gasteiger partial charge in [-0.2, -0.15) is 0 Å². The Kier molecular flexibility index (Phi) is 6.22. The minimum Gasteiger partial charge on any atom is -0.497 e. The van der Waals surface area contributed by atoms with Gasteiger partial charge in [0.05, 0.1) is 21.3 Å². The molecule has 1 atom stereocenters. The first-order valence-corrected chi connectivity index (χ1v) is 9.31. The molecule has 0 bridgehead atoms. The highest BCUT2D eigenvalue weighted by atomic mass is 16.5. The van der Waals surface area contributed by atoms with Gasteiger partial charge in [-0.15, -0.1) is 0 Å². The van der Waals surface area contributed by atoms with Crippen LogP contribution < -0.4 is 14.2 Å². The van der Waals surface area contributed by atoms with Crippen LogP contribution in [0.25, 0.3) is 0 Å². The van der Waals surface area contributed by atoms with Gasteiger partial charge in [-0.25, -0.2) is 0 Å². The summed E-state index contributed by atoms with van der Waals surface area (Å²) in [6, 6.07) is 13.5. The summed E-state index contributed by atoms with van der Waals surface area (Å²) >= 11 is 0. The molecule has 5 nitrogen and oxygen atoms in total. The maximum Gasteiger partial charge on any atom is 0.254 e. The molecular formula is C22H27NO4. The molecule has 1 saturated heterocycles. The molecule has 0 radical (unpaired) electrons. The van der Waals surface area contributed by atoms with Gasteiger partial charge in [0.1, 0.15) is 17.2 Å². The van der Waals surface area contributed by atoms with Crippen molar-refractivity contribution < 1.29 is 19.0 Å². The van der Waals surface area contributed by atoms with Crippen molar-refractivity contribution in [1.29, 1.82) is 0 Å². The third-order valence-electron chi connectivity index (χ3n) is 5.14. The molecule has 5 heteroatoms. The highest BCUT2D eigenvalue weighted by Gasteiger charge is 2.24. The lowest BCUT2D eigenvalue weighted by atomic mass is 9.94. The van der Waals surface area contributed by atoms with Gasteiger partial charge in [-0.1, -0.05) is 18.6 Å². The lowest BCUT2D eigenvalue weighted by molar-refractivity contribution is 0.0753. The Morgan fingerprint density at radius 3 is 2.11 bits per heavy atom. The van der Waals surface area contributed by atoms with E-state index in [4.69, 9.17) is 14.2 Å².